The van der Waals surface area contributed by atoms with Gasteiger partial charge < -0.3 is 19.5 Å². The first-order valence-electron chi connectivity index (χ1n) is 11.0. The zero-order chi connectivity index (χ0) is 24.2. The fourth-order valence-electron chi connectivity index (χ4n) is 4.51. The van der Waals surface area contributed by atoms with E-state index in [0.717, 1.165) is 0 Å². The highest BCUT2D eigenvalue weighted by molar-refractivity contribution is 5.90. The van der Waals surface area contributed by atoms with Gasteiger partial charge in [0.2, 0.25) is 0 Å². The van der Waals surface area contributed by atoms with E-state index in [-0.39, 0.29) is 37.2 Å². The first-order valence-corrected chi connectivity index (χ1v) is 11.0. The zero-order valence-corrected chi connectivity index (χ0v) is 18.6. The van der Waals surface area contributed by atoms with Crippen molar-refractivity contribution in [1.29, 1.82) is 5.26 Å². The van der Waals surface area contributed by atoms with Crippen molar-refractivity contribution in [3.8, 4) is 6.07 Å². The number of hydrogen-bond acceptors (Lipinski definition) is 9. The summed E-state index contributed by atoms with van der Waals surface area (Å²) < 4.78 is 25.2. The van der Waals surface area contributed by atoms with E-state index in [1.807, 2.05) is 4.90 Å². The van der Waals surface area contributed by atoms with Crippen LogP contribution in [0.3, 0.4) is 0 Å². The Hall–Kier alpha value is -3.72. The molecule has 2 fully saturated rings. The van der Waals surface area contributed by atoms with E-state index >= 15 is 4.39 Å². The number of nitriles is 1. The second-order valence-electron chi connectivity index (χ2n) is 8.28. The molecular weight excluding hydrogens is 447 g/mol. The summed E-state index contributed by atoms with van der Waals surface area (Å²) >= 11 is 0. The highest BCUT2D eigenvalue weighted by Crippen LogP contribution is 2.34. The SMILES string of the molecule is COC(=O)c1n[nH]nc1C[C@H]1CN(c2ccc(N3CCC(C#N)CC3CCO)c(F)c2)C(=O)O1. The first kappa shape index (κ1) is 23.4. The first-order chi connectivity index (χ1) is 16.4. The smallest absolute Gasteiger partial charge is 0.414 e. The summed E-state index contributed by atoms with van der Waals surface area (Å²) in [5, 5.41) is 28.7. The zero-order valence-electron chi connectivity index (χ0n) is 18.6. The summed E-state index contributed by atoms with van der Waals surface area (Å²) in [6.07, 6.45) is 0.523. The van der Waals surface area contributed by atoms with Gasteiger partial charge in [-0.2, -0.15) is 15.6 Å². The molecule has 3 atom stereocenters. The summed E-state index contributed by atoms with van der Waals surface area (Å²) in [4.78, 5) is 27.5. The molecule has 1 aromatic carbocycles. The maximum Gasteiger partial charge on any atom is 0.414 e. The number of hydrogen-bond donors (Lipinski definition) is 2. The number of H-pyrrole nitrogens is 1. The minimum absolute atomic E-state index is 0.0185. The predicted molar refractivity (Wildman–Crippen MR) is 117 cm³/mol. The number of esters is 1. The van der Waals surface area contributed by atoms with Crippen molar-refractivity contribution in [1.82, 2.24) is 15.4 Å². The standard InChI is InChI=1S/C22H25FN6O5/c1-33-21(31)20-18(25-27-26-20)10-16-12-29(22(32)34-16)14-2-3-19(17(23)9-14)28-6-4-13(11-24)8-15(28)5-7-30/h2-3,9,13,15-16,30H,4-8,10,12H2,1H3,(H,25,26,27)/t13?,15?,16-/m0/s1. The number of methoxy groups -OCH3 is 1. The number of ether oxygens (including phenoxy) is 2. The Morgan fingerprint density at radius 3 is 2.97 bits per heavy atom. The van der Waals surface area contributed by atoms with Gasteiger partial charge in [-0.15, -0.1) is 5.10 Å². The Balaban J connectivity index is 1.48. The Kier molecular flexibility index (Phi) is 6.93. The van der Waals surface area contributed by atoms with E-state index in [9.17, 15) is 20.0 Å². The molecule has 34 heavy (non-hydrogen) atoms. The maximum absolute atomic E-state index is 15.2. The highest BCUT2D eigenvalue weighted by Gasteiger charge is 2.35. The van der Waals surface area contributed by atoms with Crippen LogP contribution in [0.4, 0.5) is 20.6 Å². The van der Waals surface area contributed by atoms with Crippen LogP contribution in [0.2, 0.25) is 0 Å². The van der Waals surface area contributed by atoms with Gasteiger partial charge in [-0.25, -0.2) is 14.0 Å². The number of aromatic amines is 1. The summed E-state index contributed by atoms with van der Waals surface area (Å²) in [6.45, 7) is 0.599. The molecule has 2 unspecified atom stereocenters. The minimum Gasteiger partial charge on any atom is -0.464 e. The van der Waals surface area contributed by atoms with Gasteiger partial charge in [-0.3, -0.25) is 4.90 Å². The number of aromatic nitrogens is 3. The number of nitrogens with one attached hydrogen (secondary N) is 1. The molecule has 0 bridgehead atoms. The van der Waals surface area contributed by atoms with Crippen molar-refractivity contribution in [3.63, 3.8) is 0 Å². The molecular formula is C22H25FN6O5. The van der Waals surface area contributed by atoms with Crippen LogP contribution < -0.4 is 9.80 Å². The van der Waals surface area contributed by atoms with Crippen LogP contribution in [0.1, 0.15) is 35.4 Å². The molecule has 12 heteroatoms. The number of piperidine rings is 1. The van der Waals surface area contributed by atoms with Crippen LogP contribution in [0.15, 0.2) is 18.2 Å². The van der Waals surface area contributed by atoms with Crippen molar-refractivity contribution in [3.05, 3.63) is 35.4 Å². The fourth-order valence-corrected chi connectivity index (χ4v) is 4.51. The van der Waals surface area contributed by atoms with E-state index < -0.39 is 24.0 Å². The number of halogens is 1. The van der Waals surface area contributed by atoms with Crippen molar-refractivity contribution in [2.45, 2.75) is 37.8 Å². The Morgan fingerprint density at radius 1 is 1.44 bits per heavy atom. The summed E-state index contributed by atoms with van der Waals surface area (Å²) in [5.41, 5.74) is 1.04. The quantitative estimate of drug-likeness (QED) is 0.576. The van der Waals surface area contributed by atoms with E-state index in [1.54, 1.807) is 12.1 Å². The lowest BCUT2D eigenvalue weighted by atomic mass is 9.90. The second-order valence-corrected chi connectivity index (χ2v) is 8.28. The predicted octanol–water partition coefficient (Wildman–Crippen LogP) is 1.79. The highest BCUT2D eigenvalue weighted by atomic mass is 19.1. The van der Waals surface area contributed by atoms with Crippen LogP contribution >= 0.6 is 0 Å². The molecule has 1 aromatic heterocycles. The number of anilines is 2. The van der Waals surface area contributed by atoms with E-state index in [4.69, 9.17) is 4.74 Å². The number of aliphatic hydroxyl groups is 1. The van der Waals surface area contributed by atoms with Crippen LogP contribution in [-0.2, 0) is 15.9 Å². The van der Waals surface area contributed by atoms with Crippen molar-refractivity contribution < 1.29 is 28.6 Å². The van der Waals surface area contributed by atoms with Crippen molar-refractivity contribution in [2.75, 3.05) is 36.6 Å². The summed E-state index contributed by atoms with van der Waals surface area (Å²) in [6, 6.07) is 6.65. The monoisotopic (exact) mass is 472 g/mol. The Morgan fingerprint density at radius 2 is 2.26 bits per heavy atom. The molecule has 2 N–H and O–H groups in total. The molecule has 2 aliphatic rings. The van der Waals surface area contributed by atoms with Crippen molar-refractivity contribution in [2.24, 2.45) is 5.92 Å². The largest absolute Gasteiger partial charge is 0.464 e. The van der Waals surface area contributed by atoms with Gasteiger partial charge in [0, 0.05) is 31.5 Å². The average Bonchev–Trinajstić information content (AvgIpc) is 3.45. The van der Waals surface area contributed by atoms with Gasteiger partial charge in [0.1, 0.15) is 17.6 Å². The van der Waals surface area contributed by atoms with Gasteiger partial charge in [-0.05, 0) is 37.5 Å². The molecule has 4 rings (SSSR count). The van der Waals surface area contributed by atoms with Crippen LogP contribution in [0.25, 0.3) is 0 Å². The normalized spacial score (nSPS) is 22.4. The number of nitrogens with zero attached hydrogens (tertiary/aromatic N) is 5. The number of aliphatic hydroxyl groups excluding tert-OH is 1. The third-order valence-corrected chi connectivity index (χ3v) is 6.21. The second kappa shape index (κ2) is 10.0. The van der Waals surface area contributed by atoms with Gasteiger partial charge in [0.05, 0.1) is 31.1 Å². The number of carbonyl (C=O) groups excluding carboxylic acids is 2. The van der Waals surface area contributed by atoms with E-state index in [1.165, 1.54) is 18.1 Å². The van der Waals surface area contributed by atoms with E-state index in [0.29, 0.717) is 42.9 Å². The Bertz CT molecular complexity index is 1100. The third-order valence-electron chi connectivity index (χ3n) is 6.21. The lowest BCUT2D eigenvalue weighted by Gasteiger charge is -2.39. The number of benzene rings is 1. The molecule has 2 aliphatic heterocycles. The maximum atomic E-state index is 15.2. The summed E-state index contributed by atoms with van der Waals surface area (Å²) in [5.74, 6) is -1.27. The summed E-state index contributed by atoms with van der Waals surface area (Å²) in [7, 11) is 1.23. The van der Waals surface area contributed by atoms with E-state index in [2.05, 4.69) is 26.2 Å². The van der Waals surface area contributed by atoms with Gasteiger partial charge in [0.15, 0.2) is 5.69 Å². The molecule has 3 heterocycles. The molecule has 0 radical (unpaired) electrons. The minimum atomic E-state index is -0.652. The number of rotatable bonds is 7. The van der Waals surface area contributed by atoms with Crippen LogP contribution in [0, 0.1) is 23.1 Å². The van der Waals surface area contributed by atoms with Crippen LogP contribution in [-0.4, -0.2) is 71.5 Å². The molecule has 0 spiro atoms. The van der Waals surface area contributed by atoms with Gasteiger partial charge >= 0.3 is 12.1 Å². The topological polar surface area (TPSA) is 145 Å². The number of amides is 1. The average molecular weight is 472 g/mol. The lowest BCUT2D eigenvalue weighted by Crippen LogP contribution is -2.43. The van der Waals surface area contributed by atoms with Gasteiger partial charge in [-0.1, -0.05) is 0 Å². The molecule has 2 saturated heterocycles. The molecule has 2 aromatic rings. The van der Waals surface area contributed by atoms with Gasteiger partial charge in [0.25, 0.3) is 0 Å². The molecule has 0 aliphatic carbocycles. The fraction of sp³-hybridized carbons (Fsp3) is 0.500. The molecule has 180 valence electrons. The van der Waals surface area contributed by atoms with Crippen molar-refractivity contribution >= 4 is 23.4 Å². The molecule has 0 saturated carbocycles. The lowest BCUT2D eigenvalue weighted by molar-refractivity contribution is 0.0592. The molecule has 11 nitrogen and oxygen atoms in total. The Labute approximate surface area is 195 Å². The number of carbonyl (C=O) groups is 2. The third kappa shape index (κ3) is 4.65. The van der Waals surface area contributed by atoms with Crippen LogP contribution in [0.5, 0.6) is 0 Å². The number of cyclic esters (lactones) is 1. The molecule has 1 amide bonds.